The van der Waals surface area contributed by atoms with Crippen LogP contribution in [0.25, 0.3) is 10.6 Å². The number of nitrogens with zero attached hydrogens (tertiary/aromatic N) is 3. The summed E-state index contributed by atoms with van der Waals surface area (Å²) in [5.41, 5.74) is 7.78. The number of rotatable bonds is 4. The van der Waals surface area contributed by atoms with Crippen molar-refractivity contribution in [3.8, 4) is 10.6 Å². The molecule has 1 aliphatic carbocycles. The highest BCUT2D eigenvalue weighted by atomic mass is 35.5. The molecule has 0 bridgehead atoms. The molecule has 3 aromatic rings. The third kappa shape index (κ3) is 3.32. The molecule has 8 heteroatoms. The molecule has 0 unspecified atom stereocenters. The second-order valence-corrected chi connectivity index (χ2v) is 7.14. The van der Waals surface area contributed by atoms with E-state index in [4.69, 9.17) is 21.9 Å². The van der Waals surface area contributed by atoms with Gasteiger partial charge in [0.1, 0.15) is 5.01 Å². The lowest BCUT2D eigenvalue weighted by Gasteiger charge is -2.34. The van der Waals surface area contributed by atoms with Crippen LogP contribution >= 0.6 is 35.3 Å². The van der Waals surface area contributed by atoms with Gasteiger partial charge in [0.15, 0.2) is 5.82 Å². The highest BCUT2D eigenvalue weighted by Crippen LogP contribution is 2.37. The topological polar surface area (TPSA) is 77.8 Å². The van der Waals surface area contributed by atoms with Crippen LogP contribution in [0, 0.1) is 0 Å². The Labute approximate surface area is 154 Å². The van der Waals surface area contributed by atoms with Crippen LogP contribution < -0.4 is 5.73 Å². The fourth-order valence-corrected chi connectivity index (χ4v) is 3.53. The molecule has 2 N–H and O–H groups in total. The van der Waals surface area contributed by atoms with E-state index >= 15 is 0 Å². The Kier molecular flexibility index (Phi) is 4.92. The Bertz CT molecular complexity index is 827. The minimum absolute atomic E-state index is 0. The maximum atomic E-state index is 6.21. The summed E-state index contributed by atoms with van der Waals surface area (Å²) in [6.45, 7) is 0. The smallest absolute Gasteiger partial charge is 0.232 e. The van der Waals surface area contributed by atoms with Gasteiger partial charge in [-0.05, 0) is 31.4 Å². The van der Waals surface area contributed by atoms with Crippen molar-refractivity contribution < 1.29 is 4.52 Å². The Morgan fingerprint density at radius 2 is 1.96 bits per heavy atom. The molecule has 1 aliphatic rings. The van der Waals surface area contributed by atoms with Crippen molar-refractivity contribution in [1.82, 2.24) is 15.1 Å². The van der Waals surface area contributed by atoms with Crippen molar-refractivity contribution in [1.29, 1.82) is 0 Å². The fourth-order valence-electron chi connectivity index (χ4n) is 2.58. The lowest BCUT2D eigenvalue weighted by molar-refractivity contribution is 0.229. The van der Waals surface area contributed by atoms with Gasteiger partial charge in [-0.1, -0.05) is 28.9 Å². The maximum absolute atomic E-state index is 6.21. The second-order valence-electron chi connectivity index (χ2n) is 5.85. The zero-order chi connectivity index (χ0) is 15.9. The van der Waals surface area contributed by atoms with Gasteiger partial charge in [-0.3, -0.25) is 0 Å². The molecular formula is C16H16Cl2N4OS. The van der Waals surface area contributed by atoms with E-state index in [0.29, 0.717) is 18.1 Å². The number of aromatic nitrogens is 3. The van der Waals surface area contributed by atoms with Crippen LogP contribution in [0.5, 0.6) is 0 Å². The van der Waals surface area contributed by atoms with E-state index in [9.17, 15) is 0 Å². The highest BCUT2D eigenvalue weighted by Gasteiger charge is 2.38. The van der Waals surface area contributed by atoms with E-state index < -0.39 is 5.54 Å². The predicted octanol–water partition coefficient (Wildman–Crippen LogP) is 4.20. The molecular weight excluding hydrogens is 367 g/mol. The summed E-state index contributed by atoms with van der Waals surface area (Å²) < 4.78 is 5.33. The standard InChI is InChI=1S/C16H15ClN4OS.ClH/c17-11-4-2-10(3-5-11)14-19-12(9-23-14)8-13-20-15(21-22-13)16(18)6-1-7-16;/h2-5,9H,1,6-8,18H2;1H. The summed E-state index contributed by atoms with van der Waals surface area (Å²) in [6.07, 6.45) is 3.48. The van der Waals surface area contributed by atoms with E-state index in [0.717, 1.165) is 40.6 Å². The molecule has 2 heterocycles. The van der Waals surface area contributed by atoms with E-state index in [-0.39, 0.29) is 12.4 Å². The van der Waals surface area contributed by atoms with Crippen LogP contribution in [-0.4, -0.2) is 15.1 Å². The molecule has 1 fully saturated rings. The zero-order valence-electron chi connectivity index (χ0n) is 12.7. The SMILES string of the molecule is Cl.NC1(c2noc(Cc3csc(-c4ccc(Cl)cc4)n3)n2)CCC1. The number of nitrogens with two attached hydrogens (primary N) is 1. The Morgan fingerprint density at radius 1 is 1.21 bits per heavy atom. The van der Waals surface area contributed by atoms with Crippen molar-refractivity contribution in [2.75, 3.05) is 0 Å². The molecule has 0 radical (unpaired) electrons. The van der Waals surface area contributed by atoms with Gasteiger partial charge in [0.25, 0.3) is 0 Å². The molecule has 0 aliphatic heterocycles. The van der Waals surface area contributed by atoms with Crippen LogP contribution in [0.3, 0.4) is 0 Å². The summed E-state index contributed by atoms with van der Waals surface area (Å²) in [6, 6.07) is 7.65. The monoisotopic (exact) mass is 382 g/mol. The van der Waals surface area contributed by atoms with Crippen molar-refractivity contribution in [3.05, 3.63) is 52.1 Å². The molecule has 2 aromatic heterocycles. The van der Waals surface area contributed by atoms with Crippen LogP contribution in [0.4, 0.5) is 0 Å². The largest absolute Gasteiger partial charge is 0.339 e. The fraction of sp³-hybridized carbons (Fsp3) is 0.312. The summed E-state index contributed by atoms with van der Waals surface area (Å²) >= 11 is 7.50. The van der Waals surface area contributed by atoms with E-state index in [2.05, 4.69) is 15.1 Å². The number of benzene rings is 1. The summed E-state index contributed by atoms with van der Waals surface area (Å²) in [5.74, 6) is 1.18. The van der Waals surface area contributed by atoms with Gasteiger partial charge >= 0.3 is 0 Å². The molecule has 0 saturated heterocycles. The molecule has 5 nitrogen and oxygen atoms in total. The maximum Gasteiger partial charge on any atom is 0.232 e. The van der Waals surface area contributed by atoms with E-state index in [1.165, 1.54) is 0 Å². The van der Waals surface area contributed by atoms with E-state index in [1.54, 1.807) is 11.3 Å². The number of hydrogen-bond acceptors (Lipinski definition) is 6. The average molecular weight is 383 g/mol. The third-order valence-electron chi connectivity index (χ3n) is 4.13. The van der Waals surface area contributed by atoms with Crippen molar-refractivity contribution >= 4 is 35.3 Å². The second kappa shape index (κ2) is 6.80. The number of thiazole rings is 1. The average Bonchev–Trinajstić information content (AvgIpc) is 3.16. The van der Waals surface area contributed by atoms with Gasteiger partial charge in [-0.2, -0.15) is 4.98 Å². The molecule has 24 heavy (non-hydrogen) atoms. The lowest BCUT2D eigenvalue weighted by Crippen LogP contribution is -2.44. The van der Waals surface area contributed by atoms with Gasteiger partial charge in [-0.25, -0.2) is 4.98 Å². The first-order valence-electron chi connectivity index (χ1n) is 7.45. The Balaban J connectivity index is 0.00000169. The molecule has 1 aromatic carbocycles. The van der Waals surface area contributed by atoms with Gasteiger partial charge < -0.3 is 10.3 Å². The number of halogens is 2. The van der Waals surface area contributed by atoms with Crippen molar-refractivity contribution in [3.63, 3.8) is 0 Å². The first-order chi connectivity index (χ1) is 11.1. The molecule has 0 amide bonds. The normalized spacial score (nSPS) is 15.6. The summed E-state index contributed by atoms with van der Waals surface area (Å²) in [4.78, 5) is 9.06. The summed E-state index contributed by atoms with van der Waals surface area (Å²) in [7, 11) is 0. The minimum atomic E-state index is -0.391. The Morgan fingerprint density at radius 3 is 2.62 bits per heavy atom. The lowest BCUT2D eigenvalue weighted by atomic mass is 9.77. The quantitative estimate of drug-likeness (QED) is 0.731. The molecule has 4 rings (SSSR count). The van der Waals surface area contributed by atoms with Gasteiger partial charge in [0, 0.05) is 16.0 Å². The van der Waals surface area contributed by atoms with Crippen LogP contribution in [0.2, 0.25) is 5.02 Å². The minimum Gasteiger partial charge on any atom is -0.339 e. The molecule has 0 spiro atoms. The number of hydrogen-bond donors (Lipinski definition) is 1. The van der Waals surface area contributed by atoms with Crippen LogP contribution in [0.1, 0.15) is 36.7 Å². The van der Waals surface area contributed by atoms with Crippen molar-refractivity contribution in [2.45, 2.75) is 31.2 Å². The van der Waals surface area contributed by atoms with E-state index in [1.807, 2.05) is 29.6 Å². The summed E-state index contributed by atoms with van der Waals surface area (Å²) in [5, 5.41) is 7.71. The third-order valence-corrected chi connectivity index (χ3v) is 5.33. The van der Waals surface area contributed by atoms with Gasteiger partial charge in [0.2, 0.25) is 5.89 Å². The predicted molar refractivity (Wildman–Crippen MR) is 96.6 cm³/mol. The molecule has 0 atom stereocenters. The highest BCUT2D eigenvalue weighted by molar-refractivity contribution is 7.13. The first kappa shape index (κ1) is 17.4. The van der Waals surface area contributed by atoms with Crippen LogP contribution in [0.15, 0.2) is 34.2 Å². The molecule has 1 saturated carbocycles. The van der Waals surface area contributed by atoms with Gasteiger partial charge in [0.05, 0.1) is 17.7 Å². The Hall–Kier alpha value is -1.47. The van der Waals surface area contributed by atoms with Crippen molar-refractivity contribution in [2.24, 2.45) is 5.73 Å². The zero-order valence-corrected chi connectivity index (χ0v) is 15.1. The molecule has 126 valence electrons. The van der Waals surface area contributed by atoms with Crippen LogP contribution in [-0.2, 0) is 12.0 Å². The van der Waals surface area contributed by atoms with Gasteiger partial charge in [-0.15, -0.1) is 23.7 Å². The first-order valence-corrected chi connectivity index (χ1v) is 8.70.